The number of rotatable bonds is 28. The summed E-state index contributed by atoms with van der Waals surface area (Å²) in [5.41, 5.74) is 13.6. The Labute approximate surface area is 307 Å². The molecule has 0 aromatic carbocycles. The van der Waals surface area contributed by atoms with Crippen molar-refractivity contribution in [3.63, 3.8) is 0 Å². The van der Waals surface area contributed by atoms with Crippen molar-refractivity contribution in [3.05, 3.63) is 117 Å². The van der Waals surface area contributed by atoms with Crippen LogP contribution in [0.4, 0.5) is 0 Å². The van der Waals surface area contributed by atoms with Gasteiger partial charge in [0.05, 0.1) is 0 Å². The molecule has 0 rings (SSSR count). The molecule has 0 heterocycles. The fourth-order valence-corrected chi connectivity index (χ4v) is 5.66. The molecular formula is C48H79N. The van der Waals surface area contributed by atoms with E-state index in [4.69, 9.17) is 0 Å². The first kappa shape index (κ1) is 46.4. The van der Waals surface area contributed by atoms with E-state index in [0.717, 1.165) is 58.0 Å². The average Bonchev–Trinajstić information content (AvgIpc) is 3.03. The predicted molar refractivity (Wildman–Crippen MR) is 226 cm³/mol. The van der Waals surface area contributed by atoms with Gasteiger partial charge in [-0.3, -0.25) is 0 Å². The molecular weight excluding hydrogens is 591 g/mol. The number of hydrogen-bond donors (Lipinski definition) is 1. The minimum atomic E-state index is 0.872. The lowest BCUT2D eigenvalue weighted by Gasteiger charge is -2.04. The van der Waals surface area contributed by atoms with Gasteiger partial charge in [0.25, 0.3) is 0 Å². The third-order valence-corrected chi connectivity index (χ3v) is 9.20. The lowest BCUT2D eigenvalue weighted by atomic mass is 10.0. The van der Waals surface area contributed by atoms with Crippen molar-refractivity contribution in [3.8, 4) is 0 Å². The van der Waals surface area contributed by atoms with E-state index in [1.807, 2.05) is 6.08 Å². The summed E-state index contributed by atoms with van der Waals surface area (Å²) in [6.45, 7) is 28.2. The summed E-state index contributed by atoms with van der Waals surface area (Å²) in [5, 5.41) is 3.33. The Morgan fingerprint density at radius 1 is 0.327 bits per heavy atom. The Morgan fingerprint density at radius 2 is 0.551 bits per heavy atom. The topological polar surface area (TPSA) is 12.0 Å². The first-order valence-corrected chi connectivity index (χ1v) is 19.6. The van der Waals surface area contributed by atoms with Crippen LogP contribution in [0.3, 0.4) is 0 Å². The van der Waals surface area contributed by atoms with Crippen molar-refractivity contribution in [2.45, 2.75) is 172 Å². The summed E-state index contributed by atoms with van der Waals surface area (Å²) < 4.78 is 0. The van der Waals surface area contributed by atoms with Crippen LogP contribution in [0.1, 0.15) is 172 Å². The lowest BCUT2D eigenvalue weighted by molar-refractivity contribution is 0.830. The molecule has 276 valence electrons. The molecule has 0 radical (unpaired) electrons. The highest BCUT2D eigenvalue weighted by atomic mass is 14.8. The monoisotopic (exact) mass is 670 g/mol. The molecule has 0 spiro atoms. The Balaban J connectivity index is 4.21. The van der Waals surface area contributed by atoms with E-state index in [-0.39, 0.29) is 0 Å². The second-order valence-electron chi connectivity index (χ2n) is 14.9. The summed E-state index contributed by atoms with van der Waals surface area (Å²) in [6, 6.07) is 0. The molecule has 0 atom stereocenters. The van der Waals surface area contributed by atoms with Crippen LogP contribution in [0.25, 0.3) is 0 Å². The van der Waals surface area contributed by atoms with E-state index in [0.29, 0.717) is 0 Å². The van der Waals surface area contributed by atoms with Crippen molar-refractivity contribution in [2.24, 2.45) is 0 Å². The highest BCUT2D eigenvalue weighted by Gasteiger charge is 1.97. The average molecular weight is 670 g/mol. The zero-order valence-corrected chi connectivity index (χ0v) is 34.2. The first-order chi connectivity index (χ1) is 23.4. The van der Waals surface area contributed by atoms with Crippen LogP contribution in [0.5, 0.6) is 0 Å². The lowest BCUT2D eigenvalue weighted by Crippen LogP contribution is -2.12. The highest BCUT2D eigenvalue weighted by Crippen LogP contribution is 2.17. The van der Waals surface area contributed by atoms with Crippen molar-refractivity contribution in [2.75, 3.05) is 13.1 Å². The normalized spacial score (nSPS) is 14.5. The van der Waals surface area contributed by atoms with Crippen LogP contribution < -0.4 is 5.32 Å². The van der Waals surface area contributed by atoms with Gasteiger partial charge >= 0.3 is 0 Å². The van der Waals surface area contributed by atoms with Gasteiger partial charge in [-0.25, -0.2) is 0 Å². The molecule has 1 nitrogen and oxygen atoms in total. The molecule has 0 aliphatic heterocycles. The molecule has 0 saturated heterocycles. The van der Waals surface area contributed by atoms with Gasteiger partial charge in [-0.2, -0.15) is 0 Å². The maximum absolute atomic E-state index is 3.74. The molecule has 0 fully saturated rings. The summed E-state index contributed by atoms with van der Waals surface area (Å²) >= 11 is 0. The Bertz CT molecular complexity index is 1180. The predicted octanol–water partition coefficient (Wildman–Crippen LogP) is 15.5. The second-order valence-corrected chi connectivity index (χ2v) is 14.9. The molecule has 0 aromatic rings. The molecule has 49 heavy (non-hydrogen) atoms. The summed E-state index contributed by atoms with van der Waals surface area (Å²) in [6.07, 6.45) is 42.4. The van der Waals surface area contributed by atoms with Gasteiger partial charge in [-0.15, -0.1) is 6.58 Å². The van der Waals surface area contributed by atoms with Gasteiger partial charge in [-0.1, -0.05) is 111 Å². The van der Waals surface area contributed by atoms with Crippen LogP contribution in [0.2, 0.25) is 0 Å². The van der Waals surface area contributed by atoms with Crippen molar-refractivity contribution in [1.82, 2.24) is 5.32 Å². The minimum Gasteiger partial charge on any atom is -0.310 e. The van der Waals surface area contributed by atoms with Gasteiger partial charge in [0.1, 0.15) is 0 Å². The van der Waals surface area contributed by atoms with Crippen molar-refractivity contribution >= 4 is 0 Å². The second kappa shape index (κ2) is 31.3. The molecule has 0 bridgehead atoms. The fourth-order valence-electron chi connectivity index (χ4n) is 5.66. The maximum atomic E-state index is 3.74. The van der Waals surface area contributed by atoms with E-state index < -0.39 is 0 Å². The van der Waals surface area contributed by atoms with Crippen LogP contribution in [0, 0.1) is 0 Å². The molecule has 1 N–H and O–H groups in total. The summed E-state index contributed by atoms with van der Waals surface area (Å²) in [7, 11) is 0. The Kier molecular flexibility index (Phi) is 29.7. The molecule has 0 aliphatic carbocycles. The van der Waals surface area contributed by atoms with Crippen LogP contribution in [-0.4, -0.2) is 13.1 Å². The van der Waals surface area contributed by atoms with Crippen molar-refractivity contribution in [1.29, 1.82) is 0 Å². The minimum absolute atomic E-state index is 0.872. The standard InChI is InChI=1S/C48H79N/c1-12-38-49-39-37-48(11)36-20-35-47(10)34-19-33-46(9)32-18-31-45(8)30-17-29-44(7)28-16-27-43(6)26-15-25-42(5)24-14-23-41(4)22-13-21-40(2)3/h12,21,23,25,27,29,31,33,35,37,49H,1,13-20,22,24,26,28,30,32,34,36,38-39H2,2-11H3/b41-23+,42-25+,43-27+,44-29+,45-31+,46-33+,47-35+,48-37+. The number of nitrogens with one attached hydrogen (secondary N) is 1. The van der Waals surface area contributed by atoms with Gasteiger partial charge in [0, 0.05) is 13.1 Å². The first-order valence-electron chi connectivity index (χ1n) is 19.6. The molecule has 0 unspecified atom stereocenters. The van der Waals surface area contributed by atoms with E-state index in [9.17, 15) is 0 Å². The number of allylic oxidation sites excluding steroid dienone is 17. The Hall–Kier alpha value is -2.64. The molecule has 0 saturated carbocycles. The van der Waals surface area contributed by atoms with Gasteiger partial charge in [0.15, 0.2) is 0 Å². The number of hydrogen-bond acceptors (Lipinski definition) is 1. The van der Waals surface area contributed by atoms with E-state index in [1.165, 1.54) is 108 Å². The summed E-state index contributed by atoms with van der Waals surface area (Å²) in [4.78, 5) is 0. The molecule has 1 heteroatoms. The maximum Gasteiger partial charge on any atom is 0.0140 e. The third-order valence-electron chi connectivity index (χ3n) is 9.20. The quantitative estimate of drug-likeness (QED) is 0.0646. The largest absolute Gasteiger partial charge is 0.310 e. The third kappa shape index (κ3) is 32.3. The van der Waals surface area contributed by atoms with E-state index in [2.05, 4.69) is 136 Å². The fraction of sp³-hybridized carbons (Fsp3) is 0.583. The Morgan fingerprint density at radius 3 is 0.776 bits per heavy atom. The van der Waals surface area contributed by atoms with Crippen LogP contribution in [-0.2, 0) is 0 Å². The van der Waals surface area contributed by atoms with Gasteiger partial charge in [-0.05, 0) is 172 Å². The van der Waals surface area contributed by atoms with Gasteiger partial charge < -0.3 is 5.32 Å². The molecule has 0 aliphatic rings. The summed E-state index contributed by atoms with van der Waals surface area (Å²) in [5.74, 6) is 0. The van der Waals surface area contributed by atoms with Crippen molar-refractivity contribution < 1.29 is 0 Å². The smallest absolute Gasteiger partial charge is 0.0140 e. The molecule has 0 aromatic heterocycles. The van der Waals surface area contributed by atoms with Crippen LogP contribution in [0.15, 0.2) is 117 Å². The van der Waals surface area contributed by atoms with Gasteiger partial charge in [0.2, 0.25) is 0 Å². The van der Waals surface area contributed by atoms with E-state index >= 15 is 0 Å². The van der Waals surface area contributed by atoms with Crippen LogP contribution >= 0.6 is 0 Å². The highest BCUT2D eigenvalue weighted by molar-refractivity contribution is 5.10. The van der Waals surface area contributed by atoms with E-state index in [1.54, 1.807) is 0 Å². The zero-order valence-electron chi connectivity index (χ0n) is 34.2. The SMILES string of the molecule is C=CCNC/C=C(\C)CC/C=C(\C)CC/C=C(\C)CC/C=C(\C)CC/C=C(\C)CC/C=C(\C)CC/C=C(\C)CC/C=C(\C)CCC=C(C)C. The zero-order chi connectivity index (χ0) is 36.7. The molecule has 0 amide bonds.